The van der Waals surface area contributed by atoms with E-state index in [0.717, 1.165) is 47.9 Å². The number of fused-ring (bicyclic) bond motifs is 1. The summed E-state index contributed by atoms with van der Waals surface area (Å²) in [5, 5.41) is 3.56. The van der Waals surface area contributed by atoms with Crippen molar-refractivity contribution in [2.24, 2.45) is 0 Å². The van der Waals surface area contributed by atoms with Crippen LogP contribution in [0.3, 0.4) is 0 Å². The molecule has 0 unspecified atom stereocenters. The molecule has 6 nitrogen and oxygen atoms in total. The van der Waals surface area contributed by atoms with Crippen LogP contribution in [0, 0.1) is 0 Å². The summed E-state index contributed by atoms with van der Waals surface area (Å²) in [5.74, 6) is 2.37. The first-order valence-electron chi connectivity index (χ1n) is 10.4. The molecule has 3 heterocycles. The van der Waals surface area contributed by atoms with Crippen LogP contribution in [0.1, 0.15) is 23.2 Å². The molecule has 3 aromatic rings. The van der Waals surface area contributed by atoms with E-state index < -0.39 is 0 Å². The molecule has 1 N–H and O–H groups in total. The summed E-state index contributed by atoms with van der Waals surface area (Å²) < 4.78 is 16.7. The van der Waals surface area contributed by atoms with Crippen LogP contribution >= 0.6 is 0 Å². The van der Waals surface area contributed by atoms with Crippen LogP contribution in [-0.2, 0) is 0 Å². The van der Waals surface area contributed by atoms with Gasteiger partial charge in [0, 0.05) is 42.0 Å². The van der Waals surface area contributed by atoms with Crippen molar-refractivity contribution in [3.8, 4) is 22.8 Å². The number of hydrogen-bond donors (Lipinski definition) is 1. The van der Waals surface area contributed by atoms with Crippen molar-refractivity contribution in [2.75, 3.05) is 31.6 Å². The molecule has 154 valence electrons. The summed E-state index contributed by atoms with van der Waals surface area (Å²) in [4.78, 5) is 15.1. The quantitative estimate of drug-likeness (QED) is 0.697. The molecule has 2 aliphatic rings. The fraction of sp³-hybridized carbons (Fsp3) is 0.292. The molecule has 5 rings (SSSR count). The van der Waals surface area contributed by atoms with Crippen molar-refractivity contribution in [3.05, 3.63) is 66.4 Å². The second-order valence-corrected chi connectivity index (χ2v) is 7.65. The Morgan fingerprint density at radius 1 is 1.00 bits per heavy atom. The average Bonchev–Trinajstić information content (AvgIpc) is 3.34. The topological polar surface area (TPSA) is 63.9 Å². The normalized spacial score (nSPS) is 18.1. The Morgan fingerprint density at radius 2 is 1.90 bits per heavy atom. The Bertz CT molecular complexity index is 1030. The van der Waals surface area contributed by atoms with Gasteiger partial charge in [-0.2, -0.15) is 0 Å². The molecule has 0 saturated carbocycles. The maximum atomic E-state index is 13.1. The molecular weight excluding hydrogens is 380 g/mol. The van der Waals surface area contributed by atoms with Crippen molar-refractivity contribution < 1.29 is 18.7 Å². The summed E-state index contributed by atoms with van der Waals surface area (Å²) in [7, 11) is 0. The molecule has 1 aromatic heterocycles. The summed E-state index contributed by atoms with van der Waals surface area (Å²) in [6.07, 6.45) is 3.62. The minimum atomic E-state index is 0.0529. The predicted octanol–water partition coefficient (Wildman–Crippen LogP) is 4.43. The number of furan rings is 1. The Hall–Kier alpha value is -3.41. The predicted molar refractivity (Wildman–Crippen MR) is 114 cm³/mol. The fourth-order valence-electron chi connectivity index (χ4n) is 4.08. The third-order valence-electron chi connectivity index (χ3n) is 5.54. The third kappa shape index (κ3) is 3.85. The number of carbonyl (C=O) groups excluding carboxylic acids is 1. The van der Waals surface area contributed by atoms with Gasteiger partial charge in [0.05, 0.1) is 6.26 Å². The van der Waals surface area contributed by atoms with Gasteiger partial charge < -0.3 is 24.1 Å². The van der Waals surface area contributed by atoms with E-state index in [1.54, 1.807) is 6.26 Å². The van der Waals surface area contributed by atoms with Gasteiger partial charge in [-0.05, 0) is 49.2 Å². The molecule has 30 heavy (non-hydrogen) atoms. The van der Waals surface area contributed by atoms with E-state index in [4.69, 9.17) is 13.9 Å². The van der Waals surface area contributed by atoms with Crippen LogP contribution in [-0.4, -0.2) is 43.2 Å². The average molecular weight is 404 g/mol. The lowest BCUT2D eigenvalue weighted by Crippen LogP contribution is -2.45. The largest absolute Gasteiger partial charge is 0.486 e. The molecule has 1 amide bonds. The Morgan fingerprint density at radius 3 is 2.77 bits per heavy atom. The van der Waals surface area contributed by atoms with Gasteiger partial charge in [-0.1, -0.05) is 12.1 Å². The van der Waals surface area contributed by atoms with Gasteiger partial charge in [0.25, 0.3) is 5.91 Å². The molecule has 2 aliphatic heterocycles. The molecular formula is C24H24N2O4. The van der Waals surface area contributed by atoms with Crippen LogP contribution in [0.25, 0.3) is 11.3 Å². The van der Waals surface area contributed by atoms with Crippen LogP contribution < -0.4 is 14.8 Å². The van der Waals surface area contributed by atoms with Crippen LogP contribution in [0.4, 0.5) is 5.69 Å². The van der Waals surface area contributed by atoms with Gasteiger partial charge in [-0.3, -0.25) is 4.79 Å². The lowest BCUT2D eigenvalue weighted by molar-refractivity contribution is 0.0715. The van der Waals surface area contributed by atoms with Crippen LogP contribution in [0.15, 0.2) is 65.3 Å². The van der Waals surface area contributed by atoms with Crippen molar-refractivity contribution >= 4 is 11.6 Å². The first-order chi connectivity index (χ1) is 14.8. The number of benzene rings is 2. The molecule has 6 heteroatoms. The van der Waals surface area contributed by atoms with Gasteiger partial charge in [0.2, 0.25) is 0 Å². The Kier molecular flexibility index (Phi) is 5.05. The minimum absolute atomic E-state index is 0.0529. The highest BCUT2D eigenvalue weighted by atomic mass is 16.6. The lowest BCUT2D eigenvalue weighted by atomic mass is 10.0. The third-order valence-corrected chi connectivity index (χ3v) is 5.54. The maximum absolute atomic E-state index is 13.1. The molecule has 2 aromatic carbocycles. The standard InChI is InChI=1S/C24H24N2O4/c27-24(18-5-1-4-17(14-18)21-7-3-11-28-21)26-10-2-6-20(16-26)25-19-8-9-22-23(15-19)30-13-12-29-22/h1,3-5,7-9,11,14-15,20,25H,2,6,10,12-13,16H2/t20-/m1/s1. The van der Waals surface area contributed by atoms with Gasteiger partial charge in [0.1, 0.15) is 19.0 Å². The van der Waals surface area contributed by atoms with Gasteiger partial charge in [-0.25, -0.2) is 0 Å². The number of nitrogens with one attached hydrogen (secondary N) is 1. The lowest BCUT2D eigenvalue weighted by Gasteiger charge is -2.34. The number of amides is 1. The summed E-state index contributed by atoms with van der Waals surface area (Å²) in [5.41, 5.74) is 2.58. The highest BCUT2D eigenvalue weighted by Crippen LogP contribution is 2.33. The fourth-order valence-corrected chi connectivity index (χ4v) is 4.08. The highest BCUT2D eigenvalue weighted by Gasteiger charge is 2.25. The van der Waals surface area contributed by atoms with Crippen molar-refractivity contribution in [2.45, 2.75) is 18.9 Å². The molecule has 0 radical (unpaired) electrons. The number of rotatable bonds is 4. The summed E-state index contributed by atoms with van der Waals surface area (Å²) in [6.45, 7) is 2.58. The number of carbonyl (C=O) groups is 1. The first-order valence-corrected chi connectivity index (χ1v) is 10.4. The van der Waals surface area contributed by atoms with E-state index in [2.05, 4.69) is 5.32 Å². The number of likely N-dealkylation sites (tertiary alicyclic amines) is 1. The summed E-state index contributed by atoms with van der Waals surface area (Å²) in [6, 6.07) is 17.5. The highest BCUT2D eigenvalue weighted by molar-refractivity contribution is 5.95. The van der Waals surface area contributed by atoms with Crippen molar-refractivity contribution in [1.29, 1.82) is 0 Å². The number of hydrogen-bond acceptors (Lipinski definition) is 5. The van der Waals surface area contributed by atoms with Crippen LogP contribution in [0.5, 0.6) is 11.5 Å². The zero-order valence-corrected chi connectivity index (χ0v) is 16.7. The SMILES string of the molecule is O=C(c1cccc(-c2ccco2)c1)N1CCC[C@@H](Nc2ccc3c(c2)OCCO3)C1. The maximum Gasteiger partial charge on any atom is 0.253 e. The number of ether oxygens (including phenoxy) is 2. The van der Waals surface area contributed by atoms with Crippen molar-refractivity contribution in [3.63, 3.8) is 0 Å². The van der Waals surface area contributed by atoms with E-state index in [1.165, 1.54) is 0 Å². The molecule has 1 atom stereocenters. The van der Waals surface area contributed by atoms with E-state index in [-0.39, 0.29) is 11.9 Å². The van der Waals surface area contributed by atoms with Gasteiger partial charge >= 0.3 is 0 Å². The van der Waals surface area contributed by atoms with Gasteiger partial charge in [-0.15, -0.1) is 0 Å². The monoisotopic (exact) mass is 404 g/mol. The summed E-state index contributed by atoms with van der Waals surface area (Å²) >= 11 is 0. The van der Waals surface area contributed by atoms with E-state index in [1.807, 2.05) is 59.5 Å². The van der Waals surface area contributed by atoms with E-state index >= 15 is 0 Å². The molecule has 1 saturated heterocycles. The van der Waals surface area contributed by atoms with E-state index in [0.29, 0.717) is 25.3 Å². The number of anilines is 1. The molecule has 0 spiro atoms. The van der Waals surface area contributed by atoms with Crippen LogP contribution in [0.2, 0.25) is 0 Å². The Labute approximate surface area is 175 Å². The molecule has 0 aliphatic carbocycles. The number of piperidine rings is 1. The van der Waals surface area contributed by atoms with E-state index in [9.17, 15) is 4.79 Å². The smallest absolute Gasteiger partial charge is 0.253 e. The second-order valence-electron chi connectivity index (χ2n) is 7.65. The van der Waals surface area contributed by atoms with Crippen molar-refractivity contribution in [1.82, 2.24) is 4.90 Å². The van der Waals surface area contributed by atoms with Gasteiger partial charge in [0.15, 0.2) is 11.5 Å². The minimum Gasteiger partial charge on any atom is -0.486 e. The second kappa shape index (κ2) is 8.14. The zero-order valence-electron chi connectivity index (χ0n) is 16.7. The molecule has 1 fully saturated rings. The Balaban J connectivity index is 1.27. The first kappa shape index (κ1) is 18.6. The molecule has 0 bridgehead atoms. The zero-order chi connectivity index (χ0) is 20.3. The number of nitrogens with zero attached hydrogens (tertiary/aromatic N) is 1.